The average molecular weight is 441 g/mol. The van der Waals surface area contributed by atoms with E-state index < -0.39 is 10.0 Å². The summed E-state index contributed by atoms with van der Waals surface area (Å²) in [5.74, 6) is 0.961. The van der Waals surface area contributed by atoms with Crippen molar-refractivity contribution in [2.75, 3.05) is 5.32 Å². The van der Waals surface area contributed by atoms with Gasteiger partial charge >= 0.3 is 0 Å². The van der Waals surface area contributed by atoms with E-state index in [0.29, 0.717) is 17.0 Å². The van der Waals surface area contributed by atoms with Crippen LogP contribution in [0.2, 0.25) is 0 Å². The number of hydrogen-bond acceptors (Lipinski definition) is 5. The zero-order chi connectivity index (χ0) is 22.3. The summed E-state index contributed by atoms with van der Waals surface area (Å²) in [6.45, 7) is 3.96. The van der Waals surface area contributed by atoms with Gasteiger partial charge in [0.05, 0.1) is 23.8 Å². The first-order valence-corrected chi connectivity index (χ1v) is 11.2. The molecule has 0 fully saturated rings. The largest absolute Gasteiger partial charge is 0.491 e. The van der Waals surface area contributed by atoms with Crippen molar-refractivity contribution in [2.24, 2.45) is 0 Å². The Labute approximate surface area is 181 Å². The number of amides is 1. The smallest absolute Gasteiger partial charge is 0.248 e. The number of hydrogen-bond donors (Lipinski definition) is 2. The molecule has 0 bridgehead atoms. The lowest BCUT2D eigenvalue weighted by Gasteiger charge is -2.10. The topological polar surface area (TPSA) is 97.6 Å². The number of rotatable bonds is 9. The van der Waals surface area contributed by atoms with Crippen molar-refractivity contribution in [3.63, 3.8) is 0 Å². The number of benzene rings is 2. The Bertz CT molecular complexity index is 1120. The fourth-order valence-electron chi connectivity index (χ4n) is 2.67. The van der Waals surface area contributed by atoms with Gasteiger partial charge in [-0.3, -0.25) is 4.79 Å². The maximum Gasteiger partial charge on any atom is 0.248 e. The Morgan fingerprint density at radius 3 is 2.39 bits per heavy atom. The Morgan fingerprint density at radius 2 is 1.77 bits per heavy atom. The van der Waals surface area contributed by atoms with Gasteiger partial charge in [-0.25, -0.2) is 13.1 Å². The van der Waals surface area contributed by atoms with Crippen LogP contribution < -0.4 is 14.8 Å². The van der Waals surface area contributed by atoms with Crippen LogP contribution in [0.5, 0.6) is 5.75 Å². The number of furan rings is 1. The van der Waals surface area contributed by atoms with Gasteiger partial charge in [0, 0.05) is 11.8 Å². The molecular weight excluding hydrogens is 416 g/mol. The quantitative estimate of drug-likeness (QED) is 0.486. The molecule has 0 spiro atoms. The molecule has 0 unspecified atom stereocenters. The summed E-state index contributed by atoms with van der Waals surface area (Å²) in [4.78, 5) is 12.3. The number of sulfonamides is 1. The van der Waals surface area contributed by atoms with Crippen molar-refractivity contribution in [3.05, 3.63) is 84.3 Å². The number of anilines is 1. The molecular formula is C23H24N2O5S. The van der Waals surface area contributed by atoms with Crippen LogP contribution in [0.4, 0.5) is 5.69 Å². The third kappa shape index (κ3) is 6.84. The lowest BCUT2D eigenvalue weighted by Crippen LogP contribution is -2.22. The van der Waals surface area contributed by atoms with Crippen LogP contribution in [0.3, 0.4) is 0 Å². The third-order valence-corrected chi connectivity index (χ3v) is 5.54. The van der Waals surface area contributed by atoms with Crippen LogP contribution in [-0.4, -0.2) is 20.4 Å². The summed E-state index contributed by atoms with van der Waals surface area (Å²) in [5.41, 5.74) is 1.34. The molecule has 3 rings (SSSR count). The predicted octanol–water partition coefficient (Wildman–Crippen LogP) is 4.20. The summed E-state index contributed by atoms with van der Waals surface area (Å²) in [5, 5.41) is 2.76. The van der Waals surface area contributed by atoms with E-state index in [1.807, 2.05) is 13.8 Å². The maximum absolute atomic E-state index is 12.3. The molecule has 8 heteroatoms. The molecule has 2 aromatic carbocycles. The fraction of sp³-hybridized carbons (Fsp3) is 0.174. The highest BCUT2D eigenvalue weighted by molar-refractivity contribution is 7.89. The van der Waals surface area contributed by atoms with E-state index in [1.165, 1.54) is 24.5 Å². The van der Waals surface area contributed by atoms with Gasteiger partial charge in [-0.1, -0.05) is 12.1 Å². The molecule has 1 amide bonds. The Hall–Kier alpha value is -3.36. The molecule has 2 N–H and O–H groups in total. The Kier molecular flexibility index (Phi) is 7.28. The molecule has 0 aliphatic carbocycles. The molecule has 0 saturated carbocycles. The van der Waals surface area contributed by atoms with Gasteiger partial charge in [-0.05, 0) is 74.0 Å². The molecule has 3 aromatic rings. The van der Waals surface area contributed by atoms with Crippen molar-refractivity contribution >= 4 is 27.7 Å². The van der Waals surface area contributed by atoms with Gasteiger partial charge in [-0.15, -0.1) is 0 Å². The molecule has 0 atom stereocenters. The van der Waals surface area contributed by atoms with E-state index in [1.54, 1.807) is 54.6 Å². The zero-order valence-electron chi connectivity index (χ0n) is 17.2. The SMILES string of the molecule is CC(C)Oc1ccc(NC(=O)C=Cc2ccc(S(=O)(=O)NCc3ccco3)cc2)cc1. The number of carbonyl (C=O) groups excluding carboxylic acids is 1. The molecule has 0 aliphatic heterocycles. The van der Waals surface area contributed by atoms with Crippen LogP contribution >= 0.6 is 0 Å². The van der Waals surface area contributed by atoms with Crippen molar-refractivity contribution in [3.8, 4) is 5.75 Å². The first-order chi connectivity index (χ1) is 14.8. The van der Waals surface area contributed by atoms with Gasteiger partial charge in [0.25, 0.3) is 0 Å². The molecule has 0 saturated heterocycles. The summed E-state index contributed by atoms with van der Waals surface area (Å²) in [6.07, 6.45) is 4.56. The fourth-order valence-corrected chi connectivity index (χ4v) is 3.66. The highest BCUT2D eigenvalue weighted by Gasteiger charge is 2.14. The van der Waals surface area contributed by atoms with Gasteiger partial charge in [0.2, 0.25) is 15.9 Å². The molecule has 1 aromatic heterocycles. The van der Waals surface area contributed by atoms with E-state index in [4.69, 9.17) is 9.15 Å². The van der Waals surface area contributed by atoms with E-state index in [-0.39, 0.29) is 23.5 Å². The monoisotopic (exact) mass is 440 g/mol. The van der Waals surface area contributed by atoms with Crippen LogP contribution in [-0.2, 0) is 21.4 Å². The highest BCUT2D eigenvalue weighted by Crippen LogP contribution is 2.17. The molecule has 0 aliphatic rings. The van der Waals surface area contributed by atoms with Crippen molar-refractivity contribution < 1.29 is 22.4 Å². The van der Waals surface area contributed by atoms with Crippen molar-refractivity contribution in [1.29, 1.82) is 0 Å². The standard InChI is InChI=1S/C23H24N2O5S/c1-17(2)30-20-10-8-19(9-11-20)25-23(26)14-7-18-5-12-22(13-6-18)31(27,28)24-16-21-4-3-15-29-21/h3-15,17,24H,16H2,1-2H3,(H,25,26). The van der Waals surface area contributed by atoms with E-state index in [9.17, 15) is 13.2 Å². The summed E-state index contributed by atoms with van der Waals surface area (Å²) < 4.78 is 37.9. The first kappa shape index (κ1) is 22.3. The lowest BCUT2D eigenvalue weighted by atomic mass is 10.2. The summed E-state index contributed by atoms with van der Waals surface area (Å²) >= 11 is 0. The molecule has 31 heavy (non-hydrogen) atoms. The predicted molar refractivity (Wildman–Crippen MR) is 119 cm³/mol. The summed E-state index contributed by atoms with van der Waals surface area (Å²) in [6, 6.07) is 16.7. The minimum absolute atomic E-state index is 0.0712. The molecule has 162 valence electrons. The maximum atomic E-state index is 12.3. The number of carbonyl (C=O) groups is 1. The van der Waals surface area contributed by atoms with E-state index in [2.05, 4.69) is 10.0 Å². The van der Waals surface area contributed by atoms with Gasteiger partial charge in [0.1, 0.15) is 11.5 Å². The van der Waals surface area contributed by atoms with Gasteiger partial charge in [0.15, 0.2) is 0 Å². The Morgan fingerprint density at radius 1 is 1.06 bits per heavy atom. The van der Waals surface area contributed by atoms with Gasteiger partial charge < -0.3 is 14.5 Å². The van der Waals surface area contributed by atoms with Crippen LogP contribution in [0.25, 0.3) is 6.08 Å². The minimum Gasteiger partial charge on any atom is -0.491 e. The van der Waals surface area contributed by atoms with Crippen LogP contribution in [0, 0.1) is 0 Å². The summed E-state index contributed by atoms with van der Waals surface area (Å²) in [7, 11) is -3.66. The lowest BCUT2D eigenvalue weighted by molar-refractivity contribution is -0.111. The van der Waals surface area contributed by atoms with E-state index >= 15 is 0 Å². The van der Waals surface area contributed by atoms with Gasteiger partial charge in [-0.2, -0.15) is 0 Å². The van der Waals surface area contributed by atoms with Crippen molar-refractivity contribution in [1.82, 2.24) is 4.72 Å². The second-order valence-corrected chi connectivity index (χ2v) is 8.75. The Balaban J connectivity index is 1.55. The minimum atomic E-state index is -3.66. The first-order valence-electron chi connectivity index (χ1n) is 9.70. The molecule has 1 heterocycles. The normalized spacial score (nSPS) is 11.7. The second-order valence-electron chi connectivity index (χ2n) is 6.99. The van der Waals surface area contributed by atoms with Crippen molar-refractivity contribution in [2.45, 2.75) is 31.4 Å². The highest BCUT2D eigenvalue weighted by atomic mass is 32.2. The second kappa shape index (κ2) is 10.1. The number of nitrogens with one attached hydrogen (secondary N) is 2. The third-order valence-electron chi connectivity index (χ3n) is 4.13. The zero-order valence-corrected chi connectivity index (χ0v) is 18.1. The molecule has 7 nitrogen and oxygen atoms in total. The molecule has 0 radical (unpaired) electrons. The van der Waals surface area contributed by atoms with Crippen LogP contribution in [0.15, 0.2) is 82.3 Å². The van der Waals surface area contributed by atoms with E-state index in [0.717, 1.165) is 5.75 Å². The average Bonchev–Trinajstić information content (AvgIpc) is 3.26. The number of ether oxygens (including phenoxy) is 1. The van der Waals surface area contributed by atoms with Crippen LogP contribution in [0.1, 0.15) is 25.2 Å².